The van der Waals surface area contributed by atoms with Gasteiger partial charge in [-0.25, -0.2) is 0 Å². The highest BCUT2D eigenvalue weighted by molar-refractivity contribution is 5.33. The molecule has 0 amide bonds. The molecule has 2 nitrogen and oxygen atoms in total. The third-order valence-electron chi connectivity index (χ3n) is 5.47. The lowest BCUT2D eigenvalue weighted by molar-refractivity contribution is 0.138. The van der Waals surface area contributed by atoms with Crippen LogP contribution in [0.5, 0.6) is 0 Å². The summed E-state index contributed by atoms with van der Waals surface area (Å²) in [5.41, 5.74) is 2.17. The second-order valence-corrected chi connectivity index (χ2v) is 7.49. The van der Waals surface area contributed by atoms with Crippen molar-refractivity contribution in [2.45, 2.75) is 83.7 Å². The fourth-order valence-corrected chi connectivity index (χ4v) is 3.73. The second kappa shape index (κ2) is 11.0. The maximum Gasteiger partial charge on any atom is 0.0991 e. The quantitative estimate of drug-likeness (QED) is 0.369. The minimum absolute atomic E-state index is 0.328. The van der Waals surface area contributed by atoms with Gasteiger partial charge in [0.15, 0.2) is 0 Å². The fraction of sp³-hybridized carbons (Fsp3) is 0.609. The van der Waals surface area contributed by atoms with E-state index in [2.05, 4.69) is 38.1 Å². The highest BCUT2D eigenvalue weighted by Crippen LogP contribution is 2.37. The molecule has 0 spiro atoms. The number of nitrogens with zero attached hydrogens (tertiary/aromatic N) is 1. The van der Waals surface area contributed by atoms with Crippen LogP contribution >= 0.6 is 0 Å². The summed E-state index contributed by atoms with van der Waals surface area (Å²) in [5, 5.41) is 8.91. The Bertz CT molecular complexity index is 546. The van der Waals surface area contributed by atoms with E-state index in [-0.39, 0.29) is 0 Å². The molecule has 0 saturated heterocycles. The summed E-state index contributed by atoms with van der Waals surface area (Å²) in [6, 6.07) is 10.4. The van der Waals surface area contributed by atoms with Gasteiger partial charge in [-0.15, -0.1) is 0 Å². The summed E-state index contributed by atoms with van der Waals surface area (Å²) in [7, 11) is 0. The molecule has 1 saturated carbocycles. The zero-order chi connectivity index (χ0) is 17.9. The van der Waals surface area contributed by atoms with Crippen LogP contribution in [0.2, 0.25) is 0 Å². The first-order chi connectivity index (χ1) is 12.2. The number of hydrogen-bond acceptors (Lipinski definition) is 2. The van der Waals surface area contributed by atoms with E-state index in [1.54, 1.807) is 0 Å². The Hall–Kier alpha value is -1.75. The van der Waals surface area contributed by atoms with Crippen LogP contribution in [0.25, 0.3) is 0 Å². The SMILES string of the molecule is CCCC/C=C/OC(C)CCC1CCC(c2ccc(C#N)cc2)CC1. The van der Waals surface area contributed by atoms with Gasteiger partial charge in [0.1, 0.15) is 0 Å². The van der Waals surface area contributed by atoms with Crippen LogP contribution in [0.1, 0.15) is 88.7 Å². The third kappa shape index (κ3) is 6.94. The van der Waals surface area contributed by atoms with Gasteiger partial charge in [-0.3, -0.25) is 0 Å². The van der Waals surface area contributed by atoms with Crippen molar-refractivity contribution < 1.29 is 4.74 Å². The van der Waals surface area contributed by atoms with Crippen molar-refractivity contribution in [1.29, 1.82) is 5.26 Å². The summed E-state index contributed by atoms with van der Waals surface area (Å²) in [6.45, 7) is 4.40. The highest BCUT2D eigenvalue weighted by Gasteiger charge is 2.22. The largest absolute Gasteiger partial charge is 0.499 e. The smallest absolute Gasteiger partial charge is 0.0991 e. The van der Waals surface area contributed by atoms with Crippen molar-refractivity contribution in [3.63, 3.8) is 0 Å². The minimum Gasteiger partial charge on any atom is -0.499 e. The monoisotopic (exact) mass is 339 g/mol. The van der Waals surface area contributed by atoms with Gasteiger partial charge in [0.05, 0.1) is 24.0 Å². The Kier molecular flexibility index (Phi) is 8.60. The molecule has 0 radical (unpaired) electrons. The summed E-state index contributed by atoms with van der Waals surface area (Å²) in [4.78, 5) is 0. The van der Waals surface area contributed by atoms with Gasteiger partial charge >= 0.3 is 0 Å². The fourth-order valence-electron chi connectivity index (χ4n) is 3.73. The van der Waals surface area contributed by atoms with E-state index in [0.29, 0.717) is 12.0 Å². The zero-order valence-corrected chi connectivity index (χ0v) is 15.9. The van der Waals surface area contributed by atoms with Crippen molar-refractivity contribution in [3.05, 3.63) is 47.7 Å². The Morgan fingerprint density at radius 1 is 1.20 bits per heavy atom. The molecule has 2 heteroatoms. The van der Waals surface area contributed by atoms with Crippen molar-refractivity contribution in [3.8, 4) is 6.07 Å². The van der Waals surface area contributed by atoms with Crippen LogP contribution in [0.3, 0.4) is 0 Å². The Balaban J connectivity index is 1.64. The first kappa shape index (κ1) is 19.6. The molecule has 1 aromatic rings. The molecule has 1 fully saturated rings. The van der Waals surface area contributed by atoms with Crippen LogP contribution in [-0.2, 0) is 4.74 Å². The number of nitriles is 1. The first-order valence-corrected chi connectivity index (χ1v) is 10.0. The molecular weight excluding hydrogens is 306 g/mol. The van der Waals surface area contributed by atoms with Crippen LogP contribution in [0, 0.1) is 17.2 Å². The normalized spacial score (nSPS) is 21.8. The first-order valence-electron chi connectivity index (χ1n) is 10.0. The molecule has 25 heavy (non-hydrogen) atoms. The van der Waals surface area contributed by atoms with E-state index in [1.807, 2.05) is 18.4 Å². The van der Waals surface area contributed by atoms with E-state index < -0.39 is 0 Å². The predicted octanol–water partition coefficient (Wildman–Crippen LogP) is 6.72. The van der Waals surface area contributed by atoms with Gasteiger partial charge in [-0.1, -0.05) is 25.5 Å². The lowest BCUT2D eigenvalue weighted by atomic mass is 9.77. The van der Waals surface area contributed by atoms with Crippen LogP contribution < -0.4 is 0 Å². The number of unbranched alkanes of at least 4 members (excludes halogenated alkanes) is 2. The number of allylic oxidation sites excluding steroid dienone is 1. The van der Waals surface area contributed by atoms with Crippen LogP contribution in [0.15, 0.2) is 36.6 Å². The summed E-state index contributed by atoms with van der Waals surface area (Å²) >= 11 is 0. The van der Waals surface area contributed by atoms with Gasteiger partial charge in [0.25, 0.3) is 0 Å². The van der Waals surface area contributed by atoms with Gasteiger partial charge in [-0.05, 0) is 93.9 Å². The third-order valence-corrected chi connectivity index (χ3v) is 5.47. The topological polar surface area (TPSA) is 33.0 Å². The standard InChI is InChI=1S/C23H33NO/c1-3-4-5-6-17-25-19(2)7-8-20-9-13-22(14-10-20)23-15-11-21(18-24)12-16-23/h6,11-12,15-17,19-20,22H,3-5,7-10,13-14H2,1-2H3/b17-6+. The number of ether oxygens (including phenoxy) is 1. The Morgan fingerprint density at radius 3 is 2.56 bits per heavy atom. The predicted molar refractivity (Wildman–Crippen MR) is 104 cm³/mol. The molecule has 0 N–H and O–H groups in total. The van der Waals surface area contributed by atoms with Gasteiger partial charge in [-0.2, -0.15) is 5.26 Å². The molecule has 0 aliphatic heterocycles. The molecule has 136 valence electrons. The van der Waals surface area contributed by atoms with Gasteiger partial charge < -0.3 is 4.74 Å². The van der Waals surface area contributed by atoms with E-state index in [1.165, 1.54) is 50.5 Å². The molecule has 1 aromatic carbocycles. The van der Waals surface area contributed by atoms with Gasteiger partial charge in [0, 0.05) is 0 Å². The Labute approximate surface area is 153 Å². The number of rotatable bonds is 9. The van der Waals surface area contributed by atoms with E-state index in [0.717, 1.165) is 24.3 Å². The average molecular weight is 340 g/mol. The van der Waals surface area contributed by atoms with Crippen molar-refractivity contribution >= 4 is 0 Å². The summed E-state index contributed by atoms with van der Waals surface area (Å²) in [5.74, 6) is 1.53. The zero-order valence-electron chi connectivity index (χ0n) is 15.9. The molecule has 2 rings (SSSR count). The molecule has 0 bridgehead atoms. The lowest BCUT2D eigenvalue weighted by Crippen LogP contribution is -2.15. The Morgan fingerprint density at radius 2 is 1.92 bits per heavy atom. The minimum atomic E-state index is 0.328. The van der Waals surface area contributed by atoms with Crippen LogP contribution in [0.4, 0.5) is 0 Å². The van der Waals surface area contributed by atoms with Crippen molar-refractivity contribution in [2.24, 2.45) is 5.92 Å². The summed E-state index contributed by atoms with van der Waals surface area (Å²) < 4.78 is 5.78. The highest BCUT2D eigenvalue weighted by atomic mass is 16.5. The van der Waals surface area contributed by atoms with Crippen LogP contribution in [-0.4, -0.2) is 6.10 Å². The average Bonchev–Trinajstić information content (AvgIpc) is 2.67. The second-order valence-electron chi connectivity index (χ2n) is 7.49. The van der Waals surface area contributed by atoms with E-state index >= 15 is 0 Å². The molecule has 1 atom stereocenters. The van der Waals surface area contributed by atoms with E-state index in [4.69, 9.17) is 10.00 Å². The van der Waals surface area contributed by atoms with Crippen molar-refractivity contribution in [2.75, 3.05) is 0 Å². The lowest BCUT2D eigenvalue weighted by Gasteiger charge is -2.29. The molecular formula is C23H33NO. The van der Waals surface area contributed by atoms with E-state index in [9.17, 15) is 0 Å². The summed E-state index contributed by atoms with van der Waals surface area (Å²) in [6.07, 6.45) is 15.6. The molecule has 0 heterocycles. The molecule has 1 aliphatic rings. The van der Waals surface area contributed by atoms with Crippen molar-refractivity contribution in [1.82, 2.24) is 0 Å². The number of hydrogen-bond donors (Lipinski definition) is 0. The molecule has 1 unspecified atom stereocenters. The maximum atomic E-state index is 8.91. The van der Waals surface area contributed by atoms with Gasteiger partial charge in [0.2, 0.25) is 0 Å². The molecule has 0 aromatic heterocycles. The molecule has 1 aliphatic carbocycles. The number of benzene rings is 1. The maximum absolute atomic E-state index is 8.91.